The average molecular weight is 219 g/mol. The molecule has 1 atom stereocenters. The molecule has 1 aromatic heterocycles. The van der Waals surface area contributed by atoms with Crippen LogP contribution in [0.4, 0.5) is 4.39 Å². The van der Waals surface area contributed by atoms with Crippen LogP contribution in [0.1, 0.15) is 22.9 Å². The van der Waals surface area contributed by atoms with Crippen LogP contribution < -0.4 is 5.32 Å². The Morgan fingerprint density at radius 1 is 1.19 bits per heavy atom. The van der Waals surface area contributed by atoms with Crippen LogP contribution in [-0.4, -0.2) is 7.05 Å². The van der Waals surface area contributed by atoms with E-state index in [0.717, 1.165) is 11.3 Å². The number of halogens is 1. The van der Waals surface area contributed by atoms with Crippen LogP contribution in [-0.2, 0) is 0 Å². The summed E-state index contributed by atoms with van der Waals surface area (Å²) in [6.45, 7) is 1.88. The van der Waals surface area contributed by atoms with Crippen molar-refractivity contribution < 1.29 is 8.81 Å². The molecule has 0 amide bonds. The lowest BCUT2D eigenvalue weighted by Crippen LogP contribution is -2.19. The summed E-state index contributed by atoms with van der Waals surface area (Å²) >= 11 is 0. The number of furan rings is 1. The van der Waals surface area contributed by atoms with Crippen LogP contribution in [0, 0.1) is 12.7 Å². The second kappa shape index (κ2) is 4.49. The molecule has 0 saturated carbocycles. The maximum absolute atomic E-state index is 13.7. The third-order valence-corrected chi connectivity index (χ3v) is 2.71. The molecule has 0 radical (unpaired) electrons. The van der Waals surface area contributed by atoms with E-state index in [-0.39, 0.29) is 11.9 Å². The van der Waals surface area contributed by atoms with Gasteiger partial charge in [-0.2, -0.15) is 0 Å². The zero-order chi connectivity index (χ0) is 11.5. The van der Waals surface area contributed by atoms with Crippen LogP contribution in [0.25, 0.3) is 0 Å². The summed E-state index contributed by atoms with van der Waals surface area (Å²) in [5.74, 6) is 0.602. The van der Waals surface area contributed by atoms with E-state index in [4.69, 9.17) is 4.42 Å². The number of rotatable bonds is 3. The summed E-state index contributed by atoms with van der Waals surface area (Å²) < 4.78 is 18.9. The molecule has 1 unspecified atom stereocenters. The molecule has 0 aliphatic rings. The number of aryl methyl sites for hydroxylation is 1. The minimum Gasteiger partial charge on any atom is -0.469 e. The quantitative estimate of drug-likeness (QED) is 0.858. The molecule has 2 nitrogen and oxygen atoms in total. The Balaban J connectivity index is 2.45. The molecule has 2 rings (SSSR count). The summed E-state index contributed by atoms with van der Waals surface area (Å²) in [5.41, 5.74) is 1.60. The molecular formula is C13H14FNO. The maximum atomic E-state index is 13.7. The highest BCUT2D eigenvalue weighted by Gasteiger charge is 2.18. The molecule has 1 N–H and O–H groups in total. The van der Waals surface area contributed by atoms with Crippen molar-refractivity contribution in [2.45, 2.75) is 13.0 Å². The van der Waals surface area contributed by atoms with E-state index >= 15 is 0 Å². The van der Waals surface area contributed by atoms with E-state index in [1.165, 1.54) is 6.07 Å². The SMILES string of the molecule is CNC(c1ccccc1F)c1ccoc1C. The lowest BCUT2D eigenvalue weighted by atomic mass is 9.99. The second-order valence-electron chi connectivity index (χ2n) is 3.68. The average Bonchev–Trinajstić information content (AvgIpc) is 2.69. The van der Waals surface area contributed by atoms with Gasteiger partial charge in [0.15, 0.2) is 0 Å². The summed E-state index contributed by atoms with van der Waals surface area (Å²) in [4.78, 5) is 0. The predicted octanol–water partition coefficient (Wildman–Crippen LogP) is 3.04. The highest BCUT2D eigenvalue weighted by molar-refractivity contribution is 5.33. The number of hydrogen-bond donors (Lipinski definition) is 1. The Bertz CT molecular complexity index is 478. The van der Waals surface area contributed by atoms with Gasteiger partial charge < -0.3 is 9.73 Å². The van der Waals surface area contributed by atoms with E-state index < -0.39 is 0 Å². The Morgan fingerprint density at radius 3 is 2.50 bits per heavy atom. The first-order chi connectivity index (χ1) is 7.74. The monoisotopic (exact) mass is 219 g/mol. The fourth-order valence-electron chi connectivity index (χ4n) is 1.88. The summed E-state index contributed by atoms with van der Waals surface area (Å²) in [5, 5.41) is 3.10. The Kier molecular flexibility index (Phi) is 3.06. The maximum Gasteiger partial charge on any atom is 0.128 e. The predicted molar refractivity (Wildman–Crippen MR) is 60.7 cm³/mol. The van der Waals surface area contributed by atoms with Gasteiger partial charge in [0.2, 0.25) is 0 Å². The number of hydrogen-bond acceptors (Lipinski definition) is 2. The smallest absolute Gasteiger partial charge is 0.128 e. The molecule has 0 aliphatic carbocycles. The zero-order valence-electron chi connectivity index (χ0n) is 9.33. The van der Waals surface area contributed by atoms with Gasteiger partial charge >= 0.3 is 0 Å². The van der Waals surface area contributed by atoms with Gasteiger partial charge in [0, 0.05) is 11.1 Å². The lowest BCUT2D eigenvalue weighted by molar-refractivity contribution is 0.518. The fourth-order valence-corrected chi connectivity index (χ4v) is 1.88. The van der Waals surface area contributed by atoms with Gasteiger partial charge in [0.25, 0.3) is 0 Å². The molecule has 1 heterocycles. The minimum atomic E-state index is -0.206. The standard InChI is InChI=1S/C13H14FNO/c1-9-10(7-8-16-9)13(15-2)11-5-3-4-6-12(11)14/h3-8,13,15H,1-2H3. The lowest BCUT2D eigenvalue weighted by Gasteiger charge is -2.16. The van der Waals surface area contributed by atoms with Gasteiger partial charge in [-0.3, -0.25) is 0 Å². The van der Waals surface area contributed by atoms with Crippen LogP contribution >= 0.6 is 0 Å². The Labute approximate surface area is 94.1 Å². The second-order valence-corrected chi connectivity index (χ2v) is 3.68. The van der Waals surface area contributed by atoms with Crippen molar-refractivity contribution in [3.05, 3.63) is 59.3 Å². The molecule has 2 aromatic rings. The van der Waals surface area contributed by atoms with Crippen molar-refractivity contribution >= 4 is 0 Å². The summed E-state index contributed by atoms with van der Waals surface area (Å²) in [6, 6.07) is 8.47. The molecule has 0 aliphatic heterocycles. The van der Waals surface area contributed by atoms with Gasteiger partial charge in [0.05, 0.1) is 12.3 Å². The van der Waals surface area contributed by atoms with E-state index in [2.05, 4.69) is 5.32 Å². The van der Waals surface area contributed by atoms with Gasteiger partial charge in [0.1, 0.15) is 11.6 Å². The Morgan fingerprint density at radius 2 is 1.94 bits per heavy atom. The normalized spacial score (nSPS) is 12.7. The molecule has 0 fully saturated rings. The summed E-state index contributed by atoms with van der Waals surface area (Å²) in [6.07, 6.45) is 1.62. The molecule has 3 heteroatoms. The highest BCUT2D eigenvalue weighted by atomic mass is 19.1. The summed E-state index contributed by atoms with van der Waals surface area (Å²) in [7, 11) is 1.81. The van der Waals surface area contributed by atoms with Gasteiger partial charge in [-0.15, -0.1) is 0 Å². The third kappa shape index (κ3) is 1.86. The molecule has 0 saturated heterocycles. The van der Waals surface area contributed by atoms with Gasteiger partial charge in [-0.05, 0) is 26.1 Å². The molecule has 16 heavy (non-hydrogen) atoms. The van der Waals surface area contributed by atoms with Crippen LogP contribution in [0.5, 0.6) is 0 Å². The highest BCUT2D eigenvalue weighted by Crippen LogP contribution is 2.26. The molecule has 0 spiro atoms. The van der Waals surface area contributed by atoms with E-state index in [9.17, 15) is 4.39 Å². The molecule has 1 aromatic carbocycles. The largest absolute Gasteiger partial charge is 0.469 e. The van der Waals surface area contributed by atoms with Crippen molar-refractivity contribution in [2.75, 3.05) is 7.05 Å². The van der Waals surface area contributed by atoms with Crippen molar-refractivity contribution in [1.82, 2.24) is 5.32 Å². The van der Waals surface area contributed by atoms with Crippen molar-refractivity contribution in [3.8, 4) is 0 Å². The fraction of sp³-hybridized carbons (Fsp3) is 0.231. The Hall–Kier alpha value is -1.61. The first kappa shape index (κ1) is 10.9. The van der Waals surface area contributed by atoms with Crippen LogP contribution in [0.3, 0.4) is 0 Å². The zero-order valence-corrected chi connectivity index (χ0v) is 9.33. The van der Waals surface area contributed by atoms with E-state index in [0.29, 0.717) is 5.56 Å². The molecular weight excluding hydrogens is 205 g/mol. The minimum absolute atomic E-state index is 0.167. The van der Waals surface area contributed by atoms with Crippen molar-refractivity contribution in [1.29, 1.82) is 0 Å². The molecule has 84 valence electrons. The molecule has 0 bridgehead atoms. The topological polar surface area (TPSA) is 25.2 Å². The van der Waals surface area contributed by atoms with Crippen molar-refractivity contribution in [3.63, 3.8) is 0 Å². The van der Waals surface area contributed by atoms with Gasteiger partial charge in [-0.25, -0.2) is 4.39 Å². The number of nitrogens with one attached hydrogen (secondary N) is 1. The van der Waals surface area contributed by atoms with Crippen LogP contribution in [0.2, 0.25) is 0 Å². The number of benzene rings is 1. The van der Waals surface area contributed by atoms with Crippen LogP contribution in [0.15, 0.2) is 41.0 Å². The third-order valence-electron chi connectivity index (χ3n) is 2.71. The van der Waals surface area contributed by atoms with E-state index in [1.54, 1.807) is 18.4 Å². The first-order valence-corrected chi connectivity index (χ1v) is 5.19. The van der Waals surface area contributed by atoms with E-state index in [1.807, 2.05) is 26.1 Å². The van der Waals surface area contributed by atoms with Gasteiger partial charge in [-0.1, -0.05) is 18.2 Å². The first-order valence-electron chi connectivity index (χ1n) is 5.19. The van der Waals surface area contributed by atoms with Crippen molar-refractivity contribution in [2.24, 2.45) is 0 Å².